The molecule has 0 aliphatic heterocycles. The van der Waals surface area contributed by atoms with E-state index in [0.29, 0.717) is 11.5 Å². The lowest BCUT2D eigenvalue weighted by Gasteiger charge is -2.21. The maximum atomic E-state index is 11.4. The molecule has 0 aliphatic carbocycles. The smallest absolute Gasteiger partial charge is 0.336 e. The van der Waals surface area contributed by atoms with Crippen LogP contribution >= 0.6 is 0 Å². The summed E-state index contributed by atoms with van der Waals surface area (Å²) in [6, 6.07) is 17.8. The first-order chi connectivity index (χ1) is 13.6. The van der Waals surface area contributed by atoms with E-state index in [-0.39, 0.29) is 26.4 Å². The van der Waals surface area contributed by atoms with Crippen LogP contribution in [0.25, 0.3) is 0 Å². The molecule has 0 amide bonds. The molecule has 0 radical (unpaired) electrons. The predicted molar refractivity (Wildman–Crippen MR) is 98.6 cm³/mol. The molecule has 2 atom stereocenters. The van der Waals surface area contributed by atoms with Crippen LogP contribution in [0, 0.1) is 0 Å². The molecule has 0 heterocycles. The van der Waals surface area contributed by atoms with Crippen LogP contribution in [-0.2, 0) is 19.1 Å². The van der Waals surface area contributed by atoms with Crippen LogP contribution in [0.1, 0.15) is 0 Å². The van der Waals surface area contributed by atoms with Gasteiger partial charge in [0.1, 0.15) is 24.7 Å². The first-order valence-electron chi connectivity index (χ1n) is 8.62. The second-order valence-corrected chi connectivity index (χ2v) is 5.58. The second kappa shape index (κ2) is 11.6. The molecule has 0 fully saturated rings. The Morgan fingerprint density at radius 3 is 1.32 bits per heavy atom. The van der Waals surface area contributed by atoms with E-state index in [9.17, 15) is 19.8 Å². The summed E-state index contributed by atoms with van der Waals surface area (Å²) >= 11 is 0. The Kier molecular flexibility index (Phi) is 8.77. The maximum absolute atomic E-state index is 11.4. The minimum Gasteiger partial charge on any atom is -0.491 e. The van der Waals surface area contributed by atoms with E-state index in [0.717, 1.165) is 0 Å². The van der Waals surface area contributed by atoms with E-state index < -0.39 is 24.1 Å². The van der Waals surface area contributed by atoms with Crippen molar-refractivity contribution in [3.05, 3.63) is 60.7 Å². The fraction of sp³-hybridized carbons (Fsp3) is 0.300. The zero-order chi connectivity index (χ0) is 20.2. The Hall–Kier alpha value is -3.10. The molecule has 0 saturated heterocycles. The Bertz CT molecular complexity index is 656. The molecule has 0 aliphatic rings. The molecule has 0 spiro atoms. The molecule has 8 heteroatoms. The number of rotatable bonds is 13. The van der Waals surface area contributed by atoms with Gasteiger partial charge in [-0.25, -0.2) is 9.59 Å². The fourth-order valence-electron chi connectivity index (χ4n) is 2.28. The largest absolute Gasteiger partial charge is 0.491 e. The number of para-hydroxylation sites is 2. The van der Waals surface area contributed by atoms with Gasteiger partial charge in [0.15, 0.2) is 12.2 Å². The lowest BCUT2D eigenvalue weighted by Crippen LogP contribution is -2.44. The third kappa shape index (κ3) is 7.26. The summed E-state index contributed by atoms with van der Waals surface area (Å²) in [5.41, 5.74) is 0. The Morgan fingerprint density at radius 2 is 1.00 bits per heavy atom. The topological polar surface area (TPSA) is 112 Å². The van der Waals surface area contributed by atoms with Crippen LogP contribution in [0.3, 0.4) is 0 Å². The lowest BCUT2D eigenvalue weighted by atomic mass is 10.2. The number of ether oxygens (including phenoxy) is 4. The number of hydrogen-bond donors (Lipinski definition) is 2. The molecule has 0 aromatic heterocycles. The normalized spacial score (nSPS) is 12.7. The molecular weight excluding hydrogens is 368 g/mol. The van der Waals surface area contributed by atoms with E-state index in [1.54, 1.807) is 48.5 Å². The van der Waals surface area contributed by atoms with Crippen molar-refractivity contribution in [2.45, 2.75) is 12.2 Å². The van der Waals surface area contributed by atoms with Crippen LogP contribution in [0.5, 0.6) is 11.5 Å². The molecule has 150 valence electrons. The van der Waals surface area contributed by atoms with Crippen molar-refractivity contribution >= 4 is 11.9 Å². The van der Waals surface area contributed by atoms with Gasteiger partial charge in [-0.3, -0.25) is 0 Å². The first-order valence-corrected chi connectivity index (χ1v) is 8.62. The summed E-state index contributed by atoms with van der Waals surface area (Å²) in [4.78, 5) is 22.8. The Labute approximate surface area is 162 Å². The van der Waals surface area contributed by atoms with Gasteiger partial charge >= 0.3 is 11.9 Å². The van der Waals surface area contributed by atoms with Crippen LogP contribution < -0.4 is 9.47 Å². The van der Waals surface area contributed by atoms with Gasteiger partial charge in [0.2, 0.25) is 0 Å². The van der Waals surface area contributed by atoms with Gasteiger partial charge in [-0.1, -0.05) is 36.4 Å². The summed E-state index contributed by atoms with van der Waals surface area (Å²) in [7, 11) is 0. The summed E-state index contributed by atoms with van der Waals surface area (Å²) < 4.78 is 21.2. The van der Waals surface area contributed by atoms with Crippen molar-refractivity contribution in [2.75, 3.05) is 26.4 Å². The van der Waals surface area contributed by atoms with Crippen LogP contribution in [0.15, 0.2) is 60.7 Å². The molecule has 8 nitrogen and oxygen atoms in total. The first kappa shape index (κ1) is 21.2. The predicted octanol–water partition coefficient (Wildman–Crippen LogP) is 2.08. The van der Waals surface area contributed by atoms with Crippen molar-refractivity contribution in [3.63, 3.8) is 0 Å². The number of carboxylic acid groups (broad SMARTS) is 2. The molecule has 0 bridgehead atoms. The maximum Gasteiger partial charge on any atom is 0.336 e. The minimum atomic E-state index is -1.67. The average molecular weight is 390 g/mol. The summed E-state index contributed by atoms with van der Waals surface area (Å²) in [5, 5.41) is 18.6. The van der Waals surface area contributed by atoms with Gasteiger partial charge in [0, 0.05) is 0 Å². The van der Waals surface area contributed by atoms with Crippen molar-refractivity contribution in [1.82, 2.24) is 0 Å². The van der Waals surface area contributed by atoms with Crippen LogP contribution in [-0.4, -0.2) is 60.8 Å². The minimum absolute atomic E-state index is 0.0667. The summed E-state index contributed by atoms with van der Waals surface area (Å²) in [6.45, 7) is -0.0897. The van der Waals surface area contributed by atoms with E-state index in [4.69, 9.17) is 18.9 Å². The fourth-order valence-corrected chi connectivity index (χ4v) is 2.28. The second-order valence-electron chi connectivity index (χ2n) is 5.58. The number of hydrogen-bond acceptors (Lipinski definition) is 6. The van der Waals surface area contributed by atoms with Gasteiger partial charge in [0.05, 0.1) is 13.2 Å². The van der Waals surface area contributed by atoms with Crippen molar-refractivity contribution < 1.29 is 38.7 Å². The highest BCUT2D eigenvalue weighted by Crippen LogP contribution is 2.11. The third-order valence-electron chi connectivity index (χ3n) is 3.55. The molecule has 2 N–H and O–H groups in total. The standard InChI is InChI=1S/C20H22O8/c21-19(22)17(27-13-11-25-15-7-3-1-4-8-15)18(20(23)24)28-14-12-26-16-9-5-2-6-10-16/h1-10,17-18H,11-14H2,(H,21,22)(H,23,24)/t17-,18-/m1/s1. The number of benzene rings is 2. The van der Waals surface area contributed by atoms with E-state index in [1.165, 1.54) is 0 Å². The average Bonchev–Trinajstić information content (AvgIpc) is 2.70. The van der Waals surface area contributed by atoms with Crippen molar-refractivity contribution in [1.29, 1.82) is 0 Å². The highest BCUT2D eigenvalue weighted by molar-refractivity contribution is 5.83. The zero-order valence-electron chi connectivity index (χ0n) is 15.1. The van der Waals surface area contributed by atoms with Gasteiger partial charge in [-0.05, 0) is 24.3 Å². The Morgan fingerprint density at radius 1 is 0.643 bits per heavy atom. The summed E-state index contributed by atoms with van der Waals surface area (Å²) in [6.07, 6.45) is -3.35. The Balaban J connectivity index is 1.79. The molecule has 0 unspecified atom stereocenters. The number of aliphatic carboxylic acids is 2. The van der Waals surface area contributed by atoms with E-state index in [2.05, 4.69) is 0 Å². The van der Waals surface area contributed by atoms with Gasteiger partial charge in [-0.2, -0.15) is 0 Å². The molecule has 2 aromatic rings. The third-order valence-corrected chi connectivity index (χ3v) is 3.55. The van der Waals surface area contributed by atoms with E-state index in [1.807, 2.05) is 12.1 Å². The quantitative estimate of drug-likeness (QED) is 0.500. The summed E-state index contributed by atoms with van der Waals surface area (Å²) in [5.74, 6) is -1.67. The number of carbonyl (C=O) groups is 2. The lowest BCUT2D eigenvalue weighted by molar-refractivity contribution is -0.177. The zero-order valence-corrected chi connectivity index (χ0v) is 15.1. The SMILES string of the molecule is O=C(O)[C@H](OCCOc1ccccc1)[C@@H](OCCOc1ccccc1)C(=O)O. The molecule has 2 rings (SSSR count). The highest BCUT2D eigenvalue weighted by Gasteiger charge is 2.35. The van der Waals surface area contributed by atoms with Crippen molar-refractivity contribution in [2.24, 2.45) is 0 Å². The highest BCUT2D eigenvalue weighted by atomic mass is 16.6. The molecule has 2 aromatic carbocycles. The van der Waals surface area contributed by atoms with Crippen LogP contribution in [0.4, 0.5) is 0 Å². The molecule has 0 saturated carbocycles. The van der Waals surface area contributed by atoms with Gasteiger partial charge < -0.3 is 29.2 Å². The van der Waals surface area contributed by atoms with E-state index >= 15 is 0 Å². The number of carboxylic acids is 2. The monoisotopic (exact) mass is 390 g/mol. The van der Waals surface area contributed by atoms with Gasteiger partial charge in [-0.15, -0.1) is 0 Å². The van der Waals surface area contributed by atoms with Gasteiger partial charge in [0.25, 0.3) is 0 Å². The van der Waals surface area contributed by atoms with Crippen LogP contribution in [0.2, 0.25) is 0 Å². The molecular formula is C20H22O8. The van der Waals surface area contributed by atoms with Crippen molar-refractivity contribution in [3.8, 4) is 11.5 Å². The molecule has 28 heavy (non-hydrogen) atoms.